The van der Waals surface area contributed by atoms with Crippen molar-refractivity contribution in [3.8, 4) is 0 Å². The standard InChI is InChI=1S/C21H25N3O2S2/c1-6-15-7-9-16(10-8-15)13(3)22-17(25)11-27-21-23-19-18(20(26)24(21)5)12(2)14(4)28-19/h7-10,13H,6,11H2,1-5H3,(H,22,25). The Hall–Kier alpha value is -2.12. The fraction of sp³-hybridized carbons (Fsp3) is 0.381. The summed E-state index contributed by atoms with van der Waals surface area (Å²) in [6.45, 7) is 8.04. The number of carbonyl (C=O) groups is 1. The van der Waals surface area contributed by atoms with Crippen LogP contribution in [0.2, 0.25) is 0 Å². The molecule has 5 nitrogen and oxygen atoms in total. The zero-order chi connectivity index (χ0) is 20.4. The fourth-order valence-electron chi connectivity index (χ4n) is 3.02. The third-order valence-corrected chi connectivity index (χ3v) is 7.10. The maximum absolute atomic E-state index is 12.7. The smallest absolute Gasteiger partial charge is 0.262 e. The number of aromatic nitrogens is 2. The fourth-order valence-corrected chi connectivity index (χ4v) is 4.88. The molecule has 28 heavy (non-hydrogen) atoms. The summed E-state index contributed by atoms with van der Waals surface area (Å²) in [6, 6.07) is 8.22. The monoisotopic (exact) mass is 415 g/mol. The predicted molar refractivity (Wildman–Crippen MR) is 117 cm³/mol. The largest absolute Gasteiger partial charge is 0.349 e. The average Bonchev–Trinajstić information content (AvgIpc) is 2.97. The lowest BCUT2D eigenvalue weighted by Gasteiger charge is -2.15. The van der Waals surface area contributed by atoms with Gasteiger partial charge >= 0.3 is 0 Å². The zero-order valence-electron chi connectivity index (χ0n) is 16.8. The number of fused-ring (bicyclic) bond motifs is 1. The van der Waals surface area contributed by atoms with Crippen LogP contribution >= 0.6 is 23.1 Å². The first kappa shape index (κ1) is 20.6. The minimum Gasteiger partial charge on any atom is -0.349 e. The SMILES string of the molecule is CCc1ccc(C(C)NC(=O)CSc2nc3sc(C)c(C)c3c(=O)n2C)cc1. The molecule has 2 aromatic heterocycles. The molecular formula is C21H25N3O2S2. The molecule has 0 spiro atoms. The van der Waals surface area contributed by atoms with Gasteiger partial charge in [-0.05, 0) is 43.9 Å². The van der Waals surface area contributed by atoms with E-state index < -0.39 is 0 Å². The number of aryl methyl sites for hydroxylation is 3. The number of amides is 1. The molecule has 2 heterocycles. The third kappa shape index (κ3) is 4.15. The molecule has 0 saturated carbocycles. The lowest BCUT2D eigenvalue weighted by atomic mass is 10.1. The second kappa shape index (κ2) is 8.49. The summed E-state index contributed by atoms with van der Waals surface area (Å²) in [5, 5.41) is 4.26. The second-order valence-corrected chi connectivity index (χ2v) is 9.04. The predicted octanol–water partition coefficient (Wildman–Crippen LogP) is 4.14. The highest BCUT2D eigenvalue weighted by Crippen LogP contribution is 2.28. The topological polar surface area (TPSA) is 64.0 Å². The van der Waals surface area contributed by atoms with Crippen LogP contribution in [0, 0.1) is 13.8 Å². The summed E-state index contributed by atoms with van der Waals surface area (Å²) in [7, 11) is 1.71. The number of hydrogen-bond acceptors (Lipinski definition) is 5. The van der Waals surface area contributed by atoms with Gasteiger partial charge in [-0.3, -0.25) is 14.2 Å². The Morgan fingerprint density at radius 2 is 1.96 bits per heavy atom. The van der Waals surface area contributed by atoms with Gasteiger partial charge in [-0.1, -0.05) is 43.0 Å². The molecule has 1 N–H and O–H groups in total. The number of carbonyl (C=O) groups excluding carboxylic acids is 1. The molecule has 1 amide bonds. The number of nitrogens with one attached hydrogen (secondary N) is 1. The van der Waals surface area contributed by atoms with Gasteiger partial charge in [0.25, 0.3) is 5.56 Å². The Balaban J connectivity index is 1.68. The molecule has 0 radical (unpaired) electrons. The van der Waals surface area contributed by atoms with E-state index in [0.717, 1.165) is 27.3 Å². The molecule has 0 bridgehead atoms. The van der Waals surface area contributed by atoms with E-state index >= 15 is 0 Å². The Morgan fingerprint density at radius 3 is 2.61 bits per heavy atom. The van der Waals surface area contributed by atoms with E-state index in [1.165, 1.54) is 33.2 Å². The van der Waals surface area contributed by atoms with Crippen molar-refractivity contribution >= 4 is 39.2 Å². The van der Waals surface area contributed by atoms with Crippen LogP contribution in [0.15, 0.2) is 34.2 Å². The number of hydrogen-bond donors (Lipinski definition) is 1. The molecule has 148 valence electrons. The summed E-state index contributed by atoms with van der Waals surface area (Å²) in [5.74, 6) is 0.136. The summed E-state index contributed by atoms with van der Waals surface area (Å²) < 4.78 is 1.53. The molecular weight excluding hydrogens is 390 g/mol. The summed E-state index contributed by atoms with van der Waals surface area (Å²) in [6.07, 6.45) is 0.997. The summed E-state index contributed by atoms with van der Waals surface area (Å²) in [5.41, 5.74) is 3.29. The molecule has 0 saturated heterocycles. The van der Waals surface area contributed by atoms with Crippen molar-refractivity contribution in [1.82, 2.24) is 14.9 Å². The number of benzene rings is 1. The van der Waals surface area contributed by atoms with Crippen LogP contribution in [0.25, 0.3) is 10.2 Å². The van der Waals surface area contributed by atoms with Crippen LogP contribution in [0.5, 0.6) is 0 Å². The lowest BCUT2D eigenvalue weighted by molar-refractivity contribution is -0.119. The number of rotatable bonds is 6. The molecule has 0 aliphatic rings. The highest BCUT2D eigenvalue weighted by molar-refractivity contribution is 7.99. The summed E-state index contributed by atoms with van der Waals surface area (Å²) >= 11 is 2.81. The zero-order valence-corrected chi connectivity index (χ0v) is 18.5. The van der Waals surface area contributed by atoms with Crippen molar-refractivity contribution in [3.05, 3.63) is 56.2 Å². The van der Waals surface area contributed by atoms with E-state index in [-0.39, 0.29) is 23.3 Å². The Kier molecular flexibility index (Phi) is 6.25. The van der Waals surface area contributed by atoms with Gasteiger partial charge in [0.15, 0.2) is 5.16 Å². The van der Waals surface area contributed by atoms with Gasteiger partial charge in [-0.2, -0.15) is 0 Å². The molecule has 3 aromatic rings. The second-order valence-electron chi connectivity index (χ2n) is 6.89. The van der Waals surface area contributed by atoms with E-state index in [1.807, 2.05) is 20.8 Å². The quantitative estimate of drug-likeness (QED) is 0.485. The maximum atomic E-state index is 12.7. The van der Waals surface area contributed by atoms with E-state index in [1.54, 1.807) is 7.05 Å². The minimum absolute atomic E-state index is 0.0564. The van der Waals surface area contributed by atoms with E-state index in [9.17, 15) is 9.59 Å². The molecule has 0 aliphatic carbocycles. The van der Waals surface area contributed by atoms with Crippen molar-refractivity contribution < 1.29 is 4.79 Å². The van der Waals surface area contributed by atoms with Crippen LogP contribution in [-0.2, 0) is 18.3 Å². The normalized spacial score (nSPS) is 12.3. The summed E-state index contributed by atoms with van der Waals surface area (Å²) in [4.78, 5) is 31.5. The molecule has 0 fully saturated rings. The molecule has 1 atom stereocenters. The van der Waals surface area contributed by atoms with Gasteiger partial charge in [0.05, 0.1) is 17.2 Å². The Morgan fingerprint density at radius 1 is 1.29 bits per heavy atom. The van der Waals surface area contributed by atoms with Gasteiger partial charge in [-0.15, -0.1) is 11.3 Å². The van der Waals surface area contributed by atoms with E-state index in [4.69, 9.17) is 0 Å². The van der Waals surface area contributed by atoms with Crippen LogP contribution < -0.4 is 10.9 Å². The third-order valence-electron chi connectivity index (χ3n) is 4.97. The molecule has 1 aromatic carbocycles. The van der Waals surface area contributed by atoms with Gasteiger partial charge < -0.3 is 5.32 Å². The van der Waals surface area contributed by atoms with Crippen LogP contribution in [0.3, 0.4) is 0 Å². The number of thioether (sulfide) groups is 1. The van der Waals surface area contributed by atoms with Gasteiger partial charge in [0.1, 0.15) is 4.83 Å². The Bertz CT molecular complexity index is 1070. The van der Waals surface area contributed by atoms with Crippen molar-refractivity contribution in [2.75, 3.05) is 5.75 Å². The van der Waals surface area contributed by atoms with Crippen LogP contribution in [0.4, 0.5) is 0 Å². The van der Waals surface area contributed by atoms with E-state index in [2.05, 4.69) is 41.5 Å². The van der Waals surface area contributed by atoms with Gasteiger partial charge in [0.2, 0.25) is 5.91 Å². The molecule has 1 unspecified atom stereocenters. The number of nitrogens with zero attached hydrogens (tertiary/aromatic N) is 2. The Labute approximate surface area is 173 Å². The van der Waals surface area contributed by atoms with Gasteiger partial charge in [0, 0.05) is 11.9 Å². The molecule has 0 aliphatic heterocycles. The van der Waals surface area contributed by atoms with Crippen molar-refractivity contribution in [1.29, 1.82) is 0 Å². The minimum atomic E-state index is -0.0787. The van der Waals surface area contributed by atoms with Crippen molar-refractivity contribution in [3.63, 3.8) is 0 Å². The highest BCUT2D eigenvalue weighted by Gasteiger charge is 2.16. The average molecular weight is 416 g/mol. The highest BCUT2D eigenvalue weighted by atomic mass is 32.2. The first-order valence-corrected chi connectivity index (χ1v) is 11.1. The lowest BCUT2D eigenvalue weighted by Crippen LogP contribution is -2.28. The molecule has 3 rings (SSSR count). The molecule has 7 heteroatoms. The van der Waals surface area contributed by atoms with Gasteiger partial charge in [-0.25, -0.2) is 4.98 Å². The van der Waals surface area contributed by atoms with E-state index in [0.29, 0.717) is 10.5 Å². The van der Waals surface area contributed by atoms with Crippen molar-refractivity contribution in [2.45, 2.75) is 45.3 Å². The van der Waals surface area contributed by atoms with Crippen LogP contribution in [0.1, 0.15) is 41.5 Å². The van der Waals surface area contributed by atoms with Crippen LogP contribution in [-0.4, -0.2) is 21.2 Å². The number of thiophene rings is 1. The van der Waals surface area contributed by atoms with Crippen molar-refractivity contribution in [2.24, 2.45) is 7.05 Å². The maximum Gasteiger partial charge on any atom is 0.262 e. The first-order valence-electron chi connectivity index (χ1n) is 9.29. The first-order chi connectivity index (χ1) is 13.3.